The van der Waals surface area contributed by atoms with Crippen molar-refractivity contribution in [3.63, 3.8) is 0 Å². The smallest absolute Gasteiger partial charge is 0.0351 e. The Balaban J connectivity index is 3.00. The minimum absolute atomic E-state index is 1.28. The summed E-state index contributed by atoms with van der Waals surface area (Å²) in [6.07, 6.45) is 25.6. The quantitative estimate of drug-likeness (QED) is 0.248. The molecule has 0 radical (unpaired) electrons. The van der Waals surface area contributed by atoms with E-state index in [4.69, 9.17) is 0 Å². The Morgan fingerprint density at radius 3 is 1.50 bits per heavy atom. The van der Waals surface area contributed by atoms with Crippen LogP contribution in [0.3, 0.4) is 0 Å². The van der Waals surface area contributed by atoms with E-state index in [9.17, 15) is 0 Å². The van der Waals surface area contributed by atoms with E-state index in [1.54, 1.807) is 0 Å². The lowest BCUT2D eigenvalue weighted by Gasteiger charge is -2.00. The van der Waals surface area contributed by atoms with Gasteiger partial charge in [0.1, 0.15) is 0 Å². The van der Waals surface area contributed by atoms with E-state index in [2.05, 4.69) is 38.2 Å². The first-order valence-electron chi connectivity index (χ1n) is 8.18. The molecule has 0 heteroatoms. The van der Waals surface area contributed by atoms with E-state index < -0.39 is 0 Å². The first kappa shape index (κ1) is 17.5. The lowest BCUT2D eigenvalue weighted by molar-refractivity contribution is 0.583. The Morgan fingerprint density at radius 2 is 1.00 bits per heavy atom. The summed E-state index contributed by atoms with van der Waals surface area (Å²) in [6, 6.07) is 0. The van der Waals surface area contributed by atoms with Crippen molar-refractivity contribution in [3.8, 4) is 0 Å². The Hall–Kier alpha value is -0.520. The van der Waals surface area contributed by atoms with Gasteiger partial charge in [-0.3, -0.25) is 0 Å². The highest BCUT2D eigenvalue weighted by Crippen LogP contribution is 2.10. The lowest BCUT2D eigenvalue weighted by atomic mass is 10.1. The van der Waals surface area contributed by atoms with Crippen LogP contribution in [-0.2, 0) is 0 Å². The predicted octanol–water partition coefficient (Wildman–Crippen LogP) is 6.82. The third-order valence-corrected chi connectivity index (χ3v) is 3.37. The molecule has 106 valence electrons. The number of hydrogen-bond donors (Lipinski definition) is 0. The maximum absolute atomic E-state index is 2.38. The number of rotatable bonds is 13. The van der Waals surface area contributed by atoms with Crippen LogP contribution < -0.4 is 0 Å². The third kappa shape index (κ3) is 15.5. The van der Waals surface area contributed by atoms with Gasteiger partial charge in [0.2, 0.25) is 0 Å². The molecule has 0 aromatic carbocycles. The second-order valence-electron chi connectivity index (χ2n) is 5.23. The van der Waals surface area contributed by atoms with Gasteiger partial charge in [-0.05, 0) is 39.0 Å². The summed E-state index contributed by atoms with van der Waals surface area (Å²) in [5, 5.41) is 0. The fraction of sp³-hybridized carbons (Fsp3) is 0.778. The molecule has 0 atom stereocenters. The summed E-state index contributed by atoms with van der Waals surface area (Å²) in [5.74, 6) is 0. The summed E-state index contributed by atoms with van der Waals surface area (Å²) in [7, 11) is 0. The first-order chi connectivity index (χ1) is 8.91. The fourth-order valence-electron chi connectivity index (χ4n) is 2.13. The molecule has 0 aromatic rings. The van der Waals surface area contributed by atoms with Gasteiger partial charge in [-0.1, -0.05) is 76.2 Å². The highest BCUT2D eigenvalue weighted by molar-refractivity contribution is 4.81. The second-order valence-corrected chi connectivity index (χ2v) is 5.23. The summed E-state index contributed by atoms with van der Waals surface area (Å²) in [6.45, 7) is 4.36. The van der Waals surface area contributed by atoms with Gasteiger partial charge >= 0.3 is 0 Å². The van der Waals surface area contributed by atoms with Crippen molar-refractivity contribution in [1.29, 1.82) is 0 Å². The molecule has 0 rings (SSSR count). The SMILES string of the molecule is C/C=C\CCCCCCCCC/C=C/CCCC. The first-order valence-corrected chi connectivity index (χ1v) is 8.18. The largest absolute Gasteiger partial charge is 0.0917 e. The molecule has 0 saturated carbocycles. The molecule has 0 N–H and O–H groups in total. The van der Waals surface area contributed by atoms with Crippen molar-refractivity contribution in [3.05, 3.63) is 24.3 Å². The molecule has 0 fully saturated rings. The normalized spacial score (nSPS) is 11.9. The van der Waals surface area contributed by atoms with Crippen LogP contribution in [0.15, 0.2) is 24.3 Å². The average Bonchev–Trinajstić information content (AvgIpc) is 2.39. The zero-order chi connectivity index (χ0) is 13.3. The van der Waals surface area contributed by atoms with Gasteiger partial charge in [-0.25, -0.2) is 0 Å². The van der Waals surface area contributed by atoms with Crippen molar-refractivity contribution in [2.75, 3.05) is 0 Å². The zero-order valence-corrected chi connectivity index (χ0v) is 12.8. The summed E-state index contributed by atoms with van der Waals surface area (Å²) in [4.78, 5) is 0. The van der Waals surface area contributed by atoms with Crippen LogP contribution in [0.5, 0.6) is 0 Å². The number of allylic oxidation sites excluding steroid dienone is 4. The maximum atomic E-state index is 2.38. The highest BCUT2D eigenvalue weighted by Gasteiger charge is 1.90. The van der Waals surface area contributed by atoms with Crippen LogP contribution in [0.25, 0.3) is 0 Å². The number of unbranched alkanes of at least 4 members (excludes halogenated alkanes) is 10. The molecule has 0 saturated heterocycles. The topological polar surface area (TPSA) is 0 Å². The molecule has 0 bridgehead atoms. The van der Waals surface area contributed by atoms with Crippen molar-refractivity contribution in [1.82, 2.24) is 0 Å². The van der Waals surface area contributed by atoms with Crippen LogP contribution in [0.2, 0.25) is 0 Å². The van der Waals surface area contributed by atoms with Crippen LogP contribution in [-0.4, -0.2) is 0 Å². The van der Waals surface area contributed by atoms with E-state index in [0.29, 0.717) is 0 Å². The van der Waals surface area contributed by atoms with Gasteiger partial charge in [-0.2, -0.15) is 0 Å². The van der Waals surface area contributed by atoms with Crippen LogP contribution in [0, 0.1) is 0 Å². The standard InChI is InChI=1S/C18H34/c1-3-5-7-9-11-13-15-17-18-16-14-12-10-8-6-4-2/h3,5,10,12H,4,6-9,11,13-18H2,1-2H3/b5-3-,12-10+. The molecule has 0 unspecified atom stereocenters. The van der Waals surface area contributed by atoms with E-state index >= 15 is 0 Å². The maximum Gasteiger partial charge on any atom is -0.0351 e. The molecule has 0 nitrogen and oxygen atoms in total. The Kier molecular flexibility index (Phi) is 16.0. The molecule has 0 heterocycles. The van der Waals surface area contributed by atoms with Crippen molar-refractivity contribution in [2.45, 2.75) is 90.9 Å². The summed E-state index contributed by atoms with van der Waals surface area (Å²) < 4.78 is 0. The molecule has 18 heavy (non-hydrogen) atoms. The summed E-state index contributed by atoms with van der Waals surface area (Å²) >= 11 is 0. The Labute approximate surface area is 116 Å². The van der Waals surface area contributed by atoms with Crippen molar-refractivity contribution >= 4 is 0 Å². The van der Waals surface area contributed by atoms with Crippen molar-refractivity contribution < 1.29 is 0 Å². The Bertz CT molecular complexity index is 188. The van der Waals surface area contributed by atoms with Gasteiger partial charge in [0.25, 0.3) is 0 Å². The molecule has 0 aliphatic heterocycles. The summed E-state index contributed by atoms with van der Waals surface area (Å²) in [5.41, 5.74) is 0. The van der Waals surface area contributed by atoms with Gasteiger partial charge < -0.3 is 0 Å². The van der Waals surface area contributed by atoms with E-state index in [-0.39, 0.29) is 0 Å². The highest BCUT2D eigenvalue weighted by atomic mass is 14.0. The molecule has 0 amide bonds. The molecule has 0 spiro atoms. The predicted molar refractivity (Wildman–Crippen MR) is 85.0 cm³/mol. The van der Waals surface area contributed by atoms with E-state index in [0.717, 1.165) is 0 Å². The van der Waals surface area contributed by atoms with Gasteiger partial charge in [0.15, 0.2) is 0 Å². The minimum atomic E-state index is 1.28. The molecule has 0 aliphatic carbocycles. The van der Waals surface area contributed by atoms with Crippen molar-refractivity contribution in [2.24, 2.45) is 0 Å². The zero-order valence-electron chi connectivity index (χ0n) is 12.8. The monoisotopic (exact) mass is 250 g/mol. The van der Waals surface area contributed by atoms with Gasteiger partial charge in [0, 0.05) is 0 Å². The minimum Gasteiger partial charge on any atom is -0.0917 e. The van der Waals surface area contributed by atoms with Crippen LogP contribution in [0.1, 0.15) is 90.9 Å². The Morgan fingerprint density at radius 1 is 0.556 bits per heavy atom. The van der Waals surface area contributed by atoms with Gasteiger partial charge in [0.05, 0.1) is 0 Å². The second kappa shape index (κ2) is 16.5. The molecular formula is C18H34. The van der Waals surface area contributed by atoms with Gasteiger partial charge in [-0.15, -0.1) is 0 Å². The van der Waals surface area contributed by atoms with Crippen LogP contribution >= 0.6 is 0 Å². The molecular weight excluding hydrogens is 216 g/mol. The average molecular weight is 250 g/mol. The number of hydrogen-bond acceptors (Lipinski definition) is 0. The molecule has 0 aromatic heterocycles. The molecule has 0 aliphatic rings. The van der Waals surface area contributed by atoms with Crippen LogP contribution in [0.4, 0.5) is 0 Å². The fourth-order valence-corrected chi connectivity index (χ4v) is 2.13. The van der Waals surface area contributed by atoms with E-state index in [1.807, 2.05) is 0 Å². The lowest BCUT2D eigenvalue weighted by Crippen LogP contribution is -1.80. The third-order valence-electron chi connectivity index (χ3n) is 3.37. The van der Waals surface area contributed by atoms with E-state index in [1.165, 1.54) is 77.0 Å².